The number of carboxylic acids is 1. The van der Waals surface area contributed by atoms with Gasteiger partial charge in [0.1, 0.15) is 0 Å². The Morgan fingerprint density at radius 3 is 2.10 bits per heavy atom. The Morgan fingerprint density at radius 1 is 1.25 bits per heavy atom. The molecule has 4 N–H and O–H groups in total. The second-order valence-electron chi connectivity index (χ2n) is 3.02. The Bertz CT molecular complexity index is 390. The van der Waals surface area contributed by atoms with Crippen LogP contribution in [0, 0.1) is 0 Å². The molecule has 9 nitrogen and oxygen atoms in total. The van der Waals surface area contributed by atoms with Gasteiger partial charge in [-0.2, -0.15) is 0 Å². The summed E-state index contributed by atoms with van der Waals surface area (Å²) in [4.78, 5) is 28.9. The number of hydrogen-bond acceptors (Lipinski definition) is 7. The van der Waals surface area contributed by atoms with E-state index < -0.39 is 26.4 Å². The van der Waals surface area contributed by atoms with Crippen LogP contribution in [0.1, 0.15) is 6.42 Å². The van der Waals surface area contributed by atoms with Crippen molar-refractivity contribution in [2.45, 2.75) is 6.42 Å². The number of phosphoric ester groups is 1. The van der Waals surface area contributed by atoms with Gasteiger partial charge in [0.25, 0.3) is 0 Å². The maximum atomic E-state index is 10.7. The van der Waals surface area contributed by atoms with Gasteiger partial charge in [-0.3, -0.25) is 9.42 Å². The number of aliphatic carboxylic acids is 1. The van der Waals surface area contributed by atoms with Crippen molar-refractivity contribution in [2.24, 2.45) is 0 Å². The lowest BCUT2D eigenvalue weighted by molar-refractivity contribution is -0.133. The summed E-state index contributed by atoms with van der Waals surface area (Å²) in [5.41, 5.74) is 0.0486. The molecule has 0 aliphatic rings. The van der Waals surface area contributed by atoms with Crippen LogP contribution in [0.15, 0.2) is 24.8 Å². The average molecular weight is 312 g/mol. The largest absolute Gasteiger partial charge is 0.529 e. The Hall–Kier alpha value is -1.51. The van der Waals surface area contributed by atoms with Crippen molar-refractivity contribution < 1.29 is 43.4 Å². The van der Waals surface area contributed by atoms with E-state index in [4.69, 9.17) is 20.2 Å². The molecular formula is C10H17O9P. The number of carboxylic acid groups (broad SMARTS) is 1. The van der Waals surface area contributed by atoms with Crippen molar-refractivity contribution in [1.82, 2.24) is 0 Å². The second kappa shape index (κ2) is 11.3. The van der Waals surface area contributed by atoms with Crippen LogP contribution in [0.4, 0.5) is 0 Å². The minimum Gasteiger partial charge on any atom is -0.478 e. The van der Waals surface area contributed by atoms with Gasteiger partial charge in [-0.25, -0.2) is 14.2 Å². The van der Waals surface area contributed by atoms with Crippen LogP contribution in [-0.4, -0.2) is 52.0 Å². The van der Waals surface area contributed by atoms with E-state index in [2.05, 4.69) is 22.2 Å². The smallest absolute Gasteiger partial charge is 0.478 e. The summed E-state index contributed by atoms with van der Waals surface area (Å²) < 4.78 is 18.7. The van der Waals surface area contributed by atoms with Crippen LogP contribution in [0.3, 0.4) is 0 Å². The van der Waals surface area contributed by atoms with Gasteiger partial charge in [0.15, 0.2) is 0 Å². The van der Waals surface area contributed by atoms with Gasteiger partial charge in [0.2, 0.25) is 0 Å². The molecule has 0 bridgehead atoms. The molecule has 1 unspecified atom stereocenters. The molecule has 0 aliphatic heterocycles. The van der Waals surface area contributed by atoms with E-state index in [-0.39, 0.29) is 25.2 Å². The number of rotatable bonds is 8. The number of aliphatic hydroxyl groups is 2. The fourth-order valence-corrected chi connectivity index (χ4v) is 1.24. The van der Waals surface area contributed by atoms with Crippen molar-refractivity contribution in [1.29, 1.82) is 0 Å². The first-order valence-electron chi connectivity index (χ1n) is 5.16. The summed E-state index contributed by atoms with van der Waals surface area (Å²) in [6.45, 7) is 5.24. The minimum atomic E-state index is -4.36. The van der Waals surface area contributed by atoms with Crippen molar-refractivity contribution in [3.05, 3.63) is 24.8 Å². The molecule has 0 aromatic heterocycles. The third-order valence-electron chi connectivity index (χ3n) is 1.43. The standard InChI is InChI=1S/C5H9O6P.C5H8O3/c1-2-5(7)11-12(8,9)10-4-3-6;1-4(2-3-6)5(7)8/h2,6H,1,3-4H2,(H,8,9);6H,1-3H2,(H,7,8). The first kappa shape index (κ1) is 20.8. The van der Waals surface area contributed by atoms with E-state index in [0.29, 0.717) is 0 Å². The zero-order valence-electron chi connectivity index (χ0n) is 10.6. The first-order chi connectivity index (χ1) is 9.20. The molecule has 116 valence electrons. The summed E-state index contributed by atoms with van der Waals surface area (Å²) in [6, 6.07) is 0. The zero-order valence-corrected chi connectivity index (χ0v) is 11.5. The molecule has 10 heteroatoms. The predicted molar refractivity (Wildman–Crippen MR) is 67.6 cm³/mol. The molecule has 0 saturated carbocycles. The van der Waals surface area contributed by atoms with E-state index in [1.165, 1.54) is 0 Å². The van der Waals surface area contributed by atoms with Crippen molar-refractivity contribution in [3.8, 4) is 0 Å². The molecule has 0 rings (SSSR count). The highest BCUT2D eigenvalue weighted by Gasteiger charge is 2.24. The number of phosphoric acid groups is 1. The highest BCUT2D eigenvalue weighted by Crippen LogP contribution is 2.42. The summed E-state index contributed by atoms with van der Waals surface area (Å²) in [5.74, 6) is -2.10. The molecule has 0 amide bonds. The van der Waals surface area contributed by atoms with Crippen LogP contribution in [0.25, 0.3) is 0 Å². The topological polar surface area (TPSA) is 151 Å². The Kier molecular flexibility index (Phi) is 11.8. The lowest BCUT2D eigenvalue weighted by Crippen LogP contribution is -2.03. The van der Waals surface area contributed by atoms with E-state index in [9.17, 15) is 14.2 Å². The molecule has 0 spiro atoms. The zero-order chi connectivity index (χ0) is 16.2. The molecule has 0 saturated heterocycles. The number of carbonyl (C=O) groups is 2. The maximum absolute atomic E-state index is 10.7. The first-order valence-corrected chi connectivity index (χ1v) is 6.65. The summed E-state index contributed by atoms with van der Waals surface area (Å²) in [7, 11) is -4.36. The monoisotopic (exact) mass is 312 g/mol. The summed E-state index contributed by atoms with van der Waals surface area (Å²) >= 11 is 0. The van der Waals surface area contributed by atoms with Gasteiger partial charge >= 0.3 is 19.8 Å². The minimum absolute atomic E-state index is 0.0486. The van der Waals surface area contributed by atoms with E-state index >= 15 is 0 Å². The van der Waals surface area contributed by atoms with Gasteiger partial charge in [-0.1, -0.05) is 13.2 Å². The van der Waals surface area contributed by atoms with Gasteiger partial charge in [0.05, 0.1) is 13.2 Å². The highest BCUT2D eigenvalue weighted by atomic mass is 31.2. The van der Waals surface area contributed by atoms with Gasteiger partial charge in [-0.05, 0) is 0 Å². The molecule has 20 heavy (non-hydrogen) atoms. The Morgan fingerprint density at radius 2 is 1.80 bits per heavy atom. The molecule has 0 fully saturated rings. The molecular weight excluding hydrogens is 295 g/mol. The summed E-state index contributed by atoms with van der Waals surface area (Å²) in [5, 5.41) is 24.5. The van der Waals surface area contributed by atoms with Crippen LogP contribution in [0.2, 0.25) is 0 Å². The maximum Gasteiger partial charge on any atom is 0.529 e. The van der Waals surface area contributed by atoms with Crippen molar-refractivity contribution in [3.63, 3.8) is 0 Å². The lowest BCUT2D eigenvalue weighted by Gasteiger charge is -2.08. The van der Waals surface area contributed by atoms with Crippen molar-refractivity contribution in [2.75, 3.05) is 19.8 Å². The lowest BCUT2D eigenvalue weighted by atomic mass is 10.2. The van der Waals surface area contributed by atoms with Crippen LogP contribution < -0.4 is 0 Å². The molecule has 0 heterocycles. The Balaban J connectivity index is 0. The van der Waals surface area contributed by atoms with E-state index in [1.807, 2.05) is 0 Å². The molecule has 1 atom stereocenters. The van der Waals surface area contributed by atoms with E-state index in [0.717, 1.165) is 6.08 Å². The third kappa shape index (κ3) is 12.9. The fourth-order valence-electron chi connectivity index (χ4n) is 0.575. The number of hydrogen-bond donors (Lipinski definition) is 4. The van der Waals surface area contributed by atoms with E-state index in [1.54, 1.807) is 0 Å². The highest BCUT2D eigenvalue weighted by molar-refractivity contribution is 7.48. The normalized spacial score (nSPS) is 12.3. The molecule has 0 aromatic rings. The predicted octanol–water partition coefficient (Wildman–Crippen LogP) is -0.166. The average Bonchev–Trinajstić information content (AvgIpc) is 2.36. The number of carbonyl (C=O) groups excluding carboxylic acids is 1. The molecule has 0 radical (unpaired) electrons. The quantitative estimate of drug-likeness (QED) is 0.354. The SMILES string of the molecule is C=C(CCO)C(=O)O.C=CC(=O)OP(=O)(O)OCCO. The van der Waals surface area contributed by atoms with Gasteiger partial charge in [0, 0.05) is 24.7 Å². The number of aliphatic hydroxyl groups excluding tert-OH is 2. The van der Waals surface area contributed by atoms with Crippen LogP contribution in [-0.2, 0) is 23.2 Å². The fraction of sp³-hybridized carbons (Fsp3) is 0.400. The molecule has 0 aromatic carbocycles. The molecule has 0 aliphatic carbocycles. The van der Waals surface area contributed by atoms with Gasteiger partial charge in [-0.15, -0.1) is 0 Å². The van der Waals surface area contributed by atoms with Crippen LogP contribution in [0.5, 0.6) is 0 Å². The second-order valence-corrected chi connectivity index (χ2v) is 4.40. The van der Waals surface area contributed by atoms with Crippen molar-refractivity contribution >= 4 is 19.8 Å². The van der Waals surface area contributed by atoms with Crippen LogP contribution >= 0.6 is 7.82 Å². The Labute approximate surface area is 115 Å². The van der Waals surface area contributed by atoms with Gasteiger partial charge < -0.3 is 19.8 Å². The third-order valence-corrected chi connectivity index (χ3v) is 2.35. The summed E-state index contributed by atoms with van der Waals surface area (Å²) in [6.07, 6.45) is 0.876.